The Bertz CT molecular complexity index is 1440. The van der Waals surface area contributed by atoms with Gasteiger partial charge in [-0.25, -0.2) is 0 Å². The molecule has 2 saturated heterocycles. The first-order valence-corrected chi connectivity index (χ1v) is 19.9. The summed E-state index contributed by atoms with van der Waals surface area (Å²) in [5, 5.41) is 39.6. The third-order valence-electron chi connectivity index (χ3n) is 8.78. The van der Waals surface area contributed by atoms with Gasteiger partial charge in [0.2, 0.25) is 0 Å². The van der Waals surface area contributed by atoms with Crippen LogP contribution in [0.4, 0.5) is 0 Å². The Morgan fingerprint density at radius 2 is 0.862 bits per heavy atom. The summed E-state index contributed by atoms with van der Waals surface area (Å²) in [6, 6.07) is 14.1. The highest BCUT2D eigenvalue weighted by Gasteiger charge is 2.23. The van der Waals surface area contributed by atoms with Gasteiger partial charge in [-0.2, -0.15) is 0 Å². The highest BCUT2D eigenvalue weighted by atomic mass is 16.6. The number of phenolic OH excluding ortho intramolecular Hbond substituents is 2. The van der Waals surface area contributed by atoms with Gasteiger partial charge >= 0.3 is 23.9 Å². The molecule has 2 aromatic rings. The molecule has 16 heteroatoms. The Morgan fingerprint density at radius 3 is 1.19 bits per heavy atom. The van der Waals surface area contributed by atoms with Crippen molar-refractivity contribution in [1.82, 2.24) is 29.8 Å². The molecule has 5 N–H and O–H groups in total. The molecule has 0 radical (unpaired) electrons. The van der Waals surface area contributed by atoms with Gasteiger partial charge in [0, 0.05) is 85.1 Å². The summed E-state index contributed by atoms with van der Waals surface area (Å²) < 4.78 is 10.8. The van der Waals surface area contributed by atoms with E-state index in [1.54, 1.807) is 24.3 Å². The lowest BCUT2D eigenvalue weighted by molar-refractivity contribution is -0.158. The molecule has 0 atom stereocenters. The zero-order chi connectivity index (χ0) is 43.3. The van der Waals surface area contributed by atoms with E-state index >= 15 is 0 Å². The average molecular weight is 817 g/mol. The van der Waals surface area contributed by atoms with Crippen molar-refractivity contribution in [3.8, 4) is 11.5 Å². The summed E-state index contributed by atoms with van der Waals surface area (Å²) in [7, 11) is 0. The Hall–Kier alpha value is -4.32. The highest BCUT2D eigenvalue weighted by molar-refractivity contribution is 5.72. The van der Waals surface area contributed by atoms with Gasteiger partial charge in [-0.05, 0) is 78.3 Å². The molecule has 2 aliphatic rings. The van der Waals surface area contributed by atoms with Crippen LogP contribution in [0.2, 0.25) is 0 Å². The number of esters is 2. The number of hydrogen-bond acceptors (Lipinski definition) is 14. The fourth-order valence-corrected chi connectivity index (χ4v) is 5.98. The third kappa shape index (κ3) is 24.5. The van der Waals surface area contributed by atoms with E-state index in [1.807, 2.05) is 82.5 Å². The number of aromatic hydroxyl groups is 2. The molecule has 0 spiro atoms. The maximum Gasteiger partial charge on any atom is 0.320 e. The van der Waals surface area contributed by atoms with Gasteiger partial charge in [0.15, 0.2) is 0 Å². The molecule has 326 valence electrons. The van der Waals surface area contributed by atoms with Crippen molar-refractivity contribution >= 4 is 23.9 Å². The lowest BCUT2D eigenvalue weighted by Crippen LogP contribution is -2.42. The van der Waals surface area contributed by atoms with Crippen LogP contribution in [0.25, 0.3) is 0 Å². The van der Waals surface area contributed by atoms with Crippen molar-refractivity contribution in [2.75, 3.05) is 105 Å². The number of ether oxygens (including phenoxy) is 2. The van der Waals surface area contributed by atoms with Crippen LogP contribution >= 0.6 is 0 Å². The Balaban J connectivity index is 0.000000335. The molecule has 2 aliphatic heterocycles. The molecule has 0 bridgehead atoms. The SMILES string of the molecule is CC(C)(C)OC(=O)CN1CCNCCN(CC(=O)OC(C)(C)C)CC1.Cc1ccc(O)cc1.O=C(O)CN1CCN(CC(=O)O)CCN(Cc2ccc(O)cc2)CC1. The number of carboxylic acid groups (broad SMARTS) is 2. The minimum Gasteiger partial charge on any atom is -0.508 e. The molecule has 58 heavy (non-hydrogen) atoms. The summed E-state index contributed by atoms with van der Waals surface area (Å²) in [6.07, 6.45) is 0. The number of nitrogens with one attached hydrogen (secondary N) is 1. The van der Waals surface area contributed by atoms with E-state index in [0.29, 0.717) is 64.7 Å². The molecule has 2 aromatic carbocycles. The zero-order valence-corrected chi connectivity index (χ0v) is 35.6. The maximum atomic E-state index is 12.1. The molecular weight excluding hydrogens is 748 g/mol. The van der Waals surface area contributed by atoms with Crippen LogP contribution in [0.1, 0.15) is 52.7 Å². The number of carbonyl (C=O) groups excluding carboxylic acids is 2. The van der Waals surface area contributed by atoms with Gasteiger partial charge in [-0.3, -0.25) is 43.7 Å². The lowest BCUT2D eigenvalue weighted by atomic mass is 10.2. The first kappa shape index (κ1) is 49.8. The van der Waals surface area contributed by atoms with Crippen molar-refractivity contribution < 1.29 is 49.1 Å². The molecule has 16 nitrogen and oxygen atoms in total. The van der Waals surface area contributed by atoms with Crippen LogP contribution < -0.4 is 5.32 Å². The van der Waals surface area contributed by atoms with Gasteiger partial charge in [-0.15, -0.1) is 0 Å². The fourth-order valence-electron chi connectivity index (χ4n) is 5.98. The number of phenols is 2. The normalized spacial score (nSPS) is 17.2. The number of rotatable bonds is 10. The lowest BCUT2D eigenvalue weighted by Gasteiger charge is -2.27. The van der Waals surface area contributed by atoms with Crippen LogP contribution in [0.15, 0.2) is 48.5 Å². The van der Waals surface area contributed by atoms with E-state index < -0.39 is 23.1 Å². The van der Waals surface area contributed by atoms with E-state index in [9.17, 15) is 24.3 Å². The molecule has 0 unspecified atom stereocenters. The van der Waals surface area contributed by atoms with Gasteiger partial charge < -0.3 is 35.2 Å². The van der Waals surface area contributed by atoms with Crippen LogP contribution in [0, 0.1) is 6.92 Å². The predicted octanol–water partition coefficient (Wildman–Crippen LogP) is 2.56. The second kappa shape index (κ2) is 25.2. The first-order valence-electron chi connectivity index (χ1n) is 19.9. The summed E-state index contributed by atoms with van der Waals surface area (Å²) >= 11 is 0. The Labute approximate surface area is 344 Å². The number of hydrogen-bond donors (Lipinski definition) is 5. The third-order valence-corrected chi connectivity index (χ3v) is 8.78. The van der Waals surface area contributed by atoms with Crippen molar-refractivity contribution in [2.45, 2.75) is 66.2 Å². The van der Waals surface area contributed by atoms with Gasteiger partial charge in [0.1, 0.15) is 22.7 Å². The summed E-state index contributed by atoms with van der Waals surface area (Å²) in [6.45, 7) is 22.6. The highest BCUT2D eigenvalue weighted by Crippen LogP contribution is 2.13. The zero-order valence-electron chi connectivity index (χ0n) is 35.6. The first-order chi connectivity index (χ1) is 27.2. The molecular formula is C42H68N6O10. The summed E-state index contributed by atoms with van der Waals surface area (Å²) in [5.41, 5.74) is 1.27. The quantitative estimate of drug-likeness (QED) is 0.219. The summed E-state index contributed by atoms with van der Waals surface area (Å²) in [5.74, 6) is -1.65. The second-order valence-electron chi connectivity index (χ2n) is 16.6. The van der Waals surface area contributed by atoms with Gasteiger partial charge in [-0.1, -0.05) is 29.8 Å². The smallest absolute Gasteiger partial charge is 0.320 e. The van der Waals surface area contributed by atoms with Gasteiger partial charge in [0.25, 0.3) is 0 Å². The molecule has 4 rings (SSSR count). The average Bonchev–Trinajstić information content (AvgIpc) is 3.26. The van der Waals surface area contributed by atoms with Crippen molar-refractivity contribution in [2.24, 2.45) is 0 Å². The number of aryl methyl sites for hydroxylation is 1. The van der Waals surface area contributed by atoms with E-state index in [1.165, 1.54) is 5.56 Å². The molecule has 2 heterocycles. The van der Waals surface area contributed by atoms with Crippen molar-refractivity contribution in [1.29, 1.82) is 0 Å². The van der Waals surface area contributed by atoms with Gasteiger partial charge in [0.05, 0.1) is 26.2 Å². The number of benzene rings is 2. The molecule has 0 saturated carbocycles. The Morgan fingerprint density at radius 1 is 0.534 bits per heavy atom. The van der Waals surface area contributed by atoms with E-state index in [0.717, 1.165) is 31.7 Å². The van der Waals surface area contributed by atoms with E-state index in [-0.39, 0.29) is 43.9 Å². The molecule has 0 aromatic heterocycles. The minimum atomic E-state index is -0.880. The maximum absolute atomic E-state index is 12.1. The standard InChI is InChI=1S/C18H35N3O4.C17H25N3O5.C7H8O/c1-17(2,3)24-15(22)13-20-9-7-19-8-10-21(12-11-20)14-16(23)25-18(4,5)6;21-15-3-1-14(2-4-15)11-18-5-7-19(12-16(22)23)9-10-20(8-6-18)13-17(24)25;1-6-2-4-7(8)5-3-6/h19H,7-14H2,1-6H3;1-4,21H,5-13H2,(H,22,23)(H,24,25);2-5,8H,1H3. The van der Waals surface area contributed by atoms with Crippen molar-refractivity contribution in [3.05, 3.63) is 59.7 Å². The van der Waals surface area contributed by atoms with E-state index in [4.69, 9.17) is 24.8 Å². The largest absolute Gasteiger partial charge is 0.508 e. The van der Waals surface area contributed by atoms with Crippen LogP contribution in [-0.2, 0) is 35.2 Å². The minimum absolute atomic E-state index is 0.0477. The number of aliphatic carboxylic acids is 2. The fraction of sp³-hybridized carbons (Fsp3) is 0.619. The van der Waals surface area contributed by atoms with Crippen LogP contribution in [0.3, 0.4) is 0 Å². The monoisotopic (exact) mass is 816 g/mol. The number of carbonyl (C=O) groups is 4. The number of carboxylic acids is 2. The van der Waals surface area contributed by atoms with Crippen LogP contribution in [0.5, 0.6) is 11.5 Å². The van der Waals surface area contributed by atoms with Crippen LogP contribution in [-0.4, -0.2) is 185 Å². The molecule has 2 fully saturated rings. The topological polar surface area (TPSA) is 196 Å². The van der Waals surface area contributed by atoms with Crippen molar-refractivity contribution in [3.63, 3.8) is 0 Å². The van der Waals surface area contributed by atoms with E-state index in [2.05, 4.69) is 20.0 Å². The Kier molecular flexibility index (Phi) is 21.7. The molecule has 0 amide bonds. The molecule has 0 aliphatic carbocycles. The summed E-state index contributed by atoms with van der Waals surface area (Å²) in [4.78, 5) is 56.2. The number of nitrogens with zero attached hydrogens (tertiary/aromatic N) is 5. The predicted molar refractivity (Wildman–Crippen MR) is 222 cm³/mol. The second-order valence-corrected chi connectivity index (χ2v) is 16.6.